The van der Waals surface area contributed by atoms with Gasteiger partial charge in [-0.25, -0.2) is 0 Å². The Labute approximate surface area is 169 Å². The molecule has 0 bridgehead atoms. The number of rotatable bonds is 12. The van der Waals surface area contributed by atoms with Gasteiger partial charge in [0.2, 0.25) is 0 Å². The van der Waals surface area contributed by atoms with Crippen molar-refractivity contribution in [1.82, 2.24) is 0 Å². The van der Waals surface area contributed by atoms with Crippen LogP contribution in [0.1, 0.15) is 19.3 Å². The summed E-state index contributed by atoms with van der Waals surface area (Å²) >= 11 is 5.25. The molecule has 0 spiro atoms. The fourth-order valence-corrected chi connectivity index (χ4v) is 5.83. The van der Waals surface area contributed by atoms with E-state index in [0.29, 0.717) is 11.7 Å². The maximum absolute atomic E-state index is 12.1. The standard InChI is InChI=1S/C20H26O3S3/c1-23-19(22)15-24-12-6-14-26-20-16(10-11-18(20)21)7-5-13-25-17-8-3-2-4-9-17/h2-4,8-11,16,20H,5-7,12-15H2,1H3/t16-,20+/m0/s1. The van der Waals surface area contributed by atoms with Crippen molar-refractivity contribution < 1.29 is 14.3 Å². The summed E-state index contributed by atoms with van der Waals surface area (Å²) in [7, 11) is 1.41. The van der Waals surface area contributed by atoms with E-state index < -0.39 is 0 Å². The van der Waals surface area contributed by atoms with E-state index in [1.54, 1.807) is 29.6 Å². The number of carbonyl (C=O) groups excluding carboxylic acids is 2. The Morgan fingerprint density at radius 3 is 2.69 bits per heavy atom. The van der Waals surface area contributed by atoms with Crippen LogP contribution < -0.4 is 0 Å². The number of allylic oxidation sites excluding steroid dienone is 2. The highest BCUT2D eigenvalue weighted by Gasteiger charge is 2.29. The second-order valence-corrected chi connectivity index (χ2v) is 9.53. The summed E-state index contributed by atoms with van der Waals surface area (Å²) in [5.74, 6) is 3.84. The molecule has 2 atom stereocenters. The lowest BCUT2D eigenvalue weighted by molar-refractivity contribution is -0.137. The Hall–Kier alpha value is -0.850. The molecule has 1 aromatic rings. The number of hydrogen-bond acceptors (Lipinski definition) is 6. The van der Waals surface area contributed by atoms with Crippen molar-refractivity contribution in [3.05, 3.63) is 42.5 Å². The average molecular weight is 411 g/mol. The third kappa shape index (κ3) is 7.80. The number of hydrogen-bond donors (Lipinski definition) is 0. The molecule has 1 aromatic carbocycles. The predicted molar refractivity (Wildman–Crippen MR) is 114 cm³/mol. The fraction of sp³-hybridized carbons (Fsp3) is 0.500. The highest BCUT2D eigenvalue weighted by atomic mass is 32.2. The van der Waals surface area contributed by atoms with E-state index in [-0.39, 0.29) is 17.0 Å². The lowest BCUT2D eigenvalue weighted by Crippen LogP contribution is -2.19. The molecule has 3 nitrogen and oxygen atoms in total. The number of ether oxygens (including phenoxy) is 1. The van der Waals surface area contributed by atoms with Gasteiger partial charge in [0.25, 0.3) is 0 Å². The van der Waals surface area contributed by atoms with Crippen LogP contribution in [0.2, 0.25) is 0 Å². The SMILES string of the molecule is COC(=O)CSCCCS[C@H]1C(=O)C=C[C@@H]1CCCSc1ccccc1. The van der Waals surface area contributed by atoms with Gasteiger partial charge in [0, 0.05) is 4.90 Å². The number of benzene rings is 1. The maximum Gasteiger partial charge on any atom is 0.315 e. The quantitative estimate of drug-likeness (QED) is 0.282. The first-order valence-electron chi connectivity index (χ1n) is 8.86. The highest BCUT2D eigenvalue weighted by Crippen LogP contribution is 2.32. The van der Waals surface area contributed by atoms with E-state index in [1.807, 2.05) is 17.8 Å². The third-order valence-electron chi connectivity index (χ3n) is 4.05. The molecule has 0 amide bonds. The summed E-state index contributed by atoms with van der Waals surface area (Å²) in [5, 5.41) is 0.0855. The van der Waals surface area contributed by atoms with Crippen LogP contribution >= 0.6 is 35.3 Å². The third-order valence-corrected chi connectivity index (χ3v) is 7.63. The van der Waals surface area contributed by atoms with Gasteiger partial charge in [-0.15, -0.1) is 23.5 Å². The van der Waals surface area contributed by atoms with E-state index in [2.05, 4.69) is 35.1 Å². The molecule has 0 fully saturated rings. The molecule has 0 unspecified atom stereocenters. The van der Waals surface area contributed by atoms with Crippen LogP contribution in [0.5, 0.6) is 0 Å². The summed E-state index contributed by atoms with van der Waals surface area (Å²) in [6, 6.07) is 10.4. The number of ketones is 1. The Bertz CT molecular complexity index is 589. The van der Waals surface area contributed by atoms with Crippen LogP contribution in [0.4, 0.5) is 0 Å². The minimum Gasteiger partial charge on any atom is -0.468 e. The molecule has 1 aliphatic carbocycles. The van der Waals surface area contributed by atoms with Crippen molar-refractivity contribution in [2.45, 2.75) is 29.4 Å². The second kappa shape index (κ2) is 12.5. The topological polar surface area (TPSA) is 43.4 Å². The molecule has 0 saturated heterocycles. The smallest absolute Gasteiger partial charge is 0.315 e. The van der Waals surface area contributed by atoms with Crippen molar-refractivity contribution in [2.75, 3.05) is 30.1 Å². The molecule has 0 heterocycles. The molecule has 26 heavy (non-hydrogen) atoms. The minimum atomic E-state index is -0.175. The predicted octanol–water partition coefficient (Wildman–Crippen LogP) is 4.71. The van der Waals surface area contributed by atoms with E-state index in [1.165, 1.54) is 12.0 Å². The van der Waals surface area contributed by atoms with Gasteiger partial charge in [0.05, 0.1) is 18.1 Å². The lowest BCUT2D eigenvalue weighted by atomic mass is 10.0. The van der Waals surface area contributed by atoms with Gasteiger partial charge >= 0.3 is 5.97 Å². The Balaban J connectivity index is 1.59. The molecule has 142 valence electrons. The molecule has 0 N–H and O–H groups in total. The lowest BCUT2D eigenvalue weighted by Gasteiger charge is -2.17. The summed E-state index contributed by atoms with van der Waals surface area (Å²) in [5.41, 5.74) is 0. The van der Waals surface area contributed by atoms with Crippen molar-refractivity contribution in [3.63, 3.8) is 0 Å². The maximum atomic E-state index is 12.1. The first kappa shape index (κ1) is 21.5. The van der Waals surface area contributed by atoms with E-state index in [9.17, 15) is 9.59 Å². The van der Waals surface area contributed by atoms with Gasteiger partial charge in [0.1, 0.15) is 0 Å². The summed E-state index contributed by atoms with van der Waals surface area (Å²) in [6.45, 7) is 0. The first-order chi connectivity index (χ1) is 12.7. The molecule has 6 heteroatoms. The van der Waals surface area contributed by atoms with Crippen LogP contribution in [0.15, 0.2) is 47.4 Å². The molecule has 0 saturated carbocycles. The molecule has 2 rings (SSSR count). The van der Waals surface area contributed by atoms with Crippen molar-refractivity contribution >= 4 is 47.0 Å². The van der Waals surface area contributed by atoms with Crippen molar-refractivity contribution in [3.8, 4) is 0 Å². The van der Waals surface area contributed by atoms with Crippen molar-refractivity contribution in [2.24, 2.45) is 5.92 Å². The zero-order valence-corrected chi connectivity index (χ0v) is 17.5. The van der Waals surface area contributed by atoms with E-state index >= 15 is 0 Å². The van der Waals surface area contributed by atoms with Crippen LogP contribution in [-0.4, -0.2) is 47.1 Å². The zero-order valence-electron chi connectivity index (χ0n) is 15.1. The van der Waals surface area contributed by atoms with Crippen LogP contribution in [0, 0.1) is 5.92 Å². The van der Waals surface area contributed by atoms with Gasteiger partial charge < -0.3 is 4.74 Å². The van der Waals surface area contributed by atoms with Gasteiger partial charge in [0.15, 0.2) is 5.78 Å². The summed E-state index contributed by atoms with van der Waals surface area (Å²) in [4.78, 5) is 24.5. The molecular formula is C20H26O3S3. The number of carbonyl (C=O) groups is 2. The molecule has 0 aromatic heterocycles. The minimum absolute atomic E-state index is 0.0855. The summed E-state index contributed by atoms with van der Waals surface area (Å²) < 4.78 is 4.62. The number of esters is 1. The highest BCUT2D eigenvalue weighted by molar-refractivity contribution is 8.01. The monoisotopic (exact) mass is 410 g/mol. The van der Waals surface area contributed by atoms with Gasteiger partial charge in [-0.1, -0.05) is 24.3 Å². The van der Waals surface area contributed by atoms with E-state index in [4.69, 9.17) is 0 Å². The van der Waals surface area contributed by atoms with Gasteiger partial charge in [-0.2, -0.15) is 11.8 Å². The number of thioether (sulfide) groups is 3. The Kier molecular flexibility index (Phi) is 10.3. The van der Waals surface area contributed by atoms with Crippen LogP contribution in [-0.2, 0) is 14.3 Å². The Morgan fingerprint density at radius 2 is 1.92 bits per heavy atom. The van der Waals surface area contributed by atoms with Gasteiger partial charge in [-0.3, -0.25) is 9.59 Å². The molecule has 0 radical (unpaired) electrons. The molecule has 1 aliphatic rings. The van der Waals surface area contributed by atoms with Crippen molar-refractivity contribution in [1.29, 1.82) is 0 Å². The average Bonchev–Trinajstić information content (AvgIpc) is 3.02. The zero-order chi connectivity index (χ0) is 18.6. The molecule has 0 aliphatic heterocycles. The molecular weight excluding hydrogens is 384 g/mol. The largest absolute Gasteiger partial charge is 0.468 e. The van der Waals surface area contributed by atoms with E-state index in [0.717, 1.165) is 36.5 Å². The Morgan fingerprint density at radius 1 is 1.12 bits per heavy atom. The fourth-order valence-electron chi connectivity index (χ4n) is 2.69. The van der Waals surface area contributed by atoms with Crippen LogP contribution in [0.3, 0.4) is 0 Å². The second-order valence-electron chi connectivity index (χ2n) is 6.00. The first-order valence-corrected chi connectivity index (χ1v) is 12.1. The van der Waals surface area contributed by atoms with Crippen LogP contribution in [0.25, 0.3) is 0 Å². The number of methoxy groups -OCH3 is 1. The van der Waals surface area contributed by atoms with Gasteiger partial charge in [-0.05, 0) is 60.6 Å². The summed E-state index contributed by atoms with van der Waals surface area (Å²) in [6.07, 6.45) is 7.05. The normalized spacial score (nSPS) is 19.0.